The average Bonchev–Trinajstić information content (AvgIpc) is 3.07. The summed E-state index contributed by atoms with van der Waals surface area (Å²) in [5.74, 6) is 1.31. The Balaban J connectivity index is 1.97. The normalized spacial score (nSPS) is 14.3. The van der Waals surface area contributed by atoms with Gasteiger partial charge in [-0.15, -0.1) is 0 Å². The molecular formula is C19H21N5OS. The van der Waals surface area contributed by atoms with Crippen LogP contribution in [0.5, 0.6) is 0 Å². The van der Waals surface area contributed by atoms with E-state index in [1.54, 1.807) is 0 Å². The van der Waals surface area contributed by atoms with Crippen molar-refractivity contribution in [3.8, 4) is 5.69 Å². The molecule has 1 aliphatic rings. The second kappa shape index (κ2) is 6.32. The van der Waals surface area contributed by atoms with Gasteiger partial charge in [-0.1, -0.05) is 18.3 Å². The van der Waals surface area contributed by atoms with Crippen LogP contribution in [0, 0.1) is 25.4 Å². The SMILES string of the molecule is Cc1cc(C)cc(-n2c(C)nc3nc(N4CCCC4)[nH]c(=O)c3c2=S)c1. The van der Waals surface area contributed by atoms with Gasteiger partial charge in [-0.25, -0.2) is 4.98 Å². The van der Waals surface area contributed by atoms with Crippen molar-refractivity contribution in [2.75, 3.05) is 18.0 Å². The molecule has 2 aromatic heterocycles. The van der Waals surface area contributed by atoms with E-state index in [0.29, 0.717) is 21.6 Å². The van der Waals surface area contributed by atoms with Crippen LogP contribution in [-0.4, -0.2) is 32.6 Å². The minimum absolute atomic E-state index is 0.229. The number of rotatable bonds is 2. The van der Waals surface area contributed by atoms with Gasteiger partial charge in [0, 0.05) is 18.8 Å². The fraction of sp³-hybridized carbons (Fsp3) is 0.368. The lowest BCUT2D eigenvalue weighted by atomic mass is 10.1. The van der Waals surface area contributed by atoms with Crippen LogP contribution in [-0.2, 0) is 0 Å². The van der Waals surface area contributed by atoms with Crippen molar-refractivity contribution in [1.29, 1.82) is 0 Å². The maximum absolute atomic E-state index is 12.8. The fourth-order valence-electron chi connectivity index (χ4n) is 3.65. The van der Waals surface area contributed by atoms with Crippen LogP contribution >= 0.6 is 12.2 Å². The molecule has 0 atom stereocenters. The second-order valence-corrected chi connectivity index (χ2v) is 7.31. The van der Waals surface area contributed by atoms with Crippen molar-refractivity contribution in [2.24, 2.45) is 0 Å². The summed E-state index contributed by atoms with van der Waals surface area (Å²) in [4.78, 5) is 26.9. The molecule has 0 amide bonds. The van der Waals surface area contributed by atoms with E-state index in [1.165, 1.54) is 0 Å². The number of nitrogens with zero attached hydrogens (tertiary/aromatic N) is 4. The zero-order valence-electron chi connectivity index (χ0n) is 15.2. The number of nitrogens with one attached hydrogen (secondary N) is 1. The summed E-state index contributed by atoms with van der Waals surface area (Å²) in [5, 5.41) is 0.368. The van der Waals surface area contributed by atoms with Crippen LogP contribution < -0.4 is 10.5 Å². The van der Waals surface area contributed by atoms with Gasteiger partial charge >= 0.3 is 0 Å². The molecule has 0 radical (unpaired) electrons. The standard InChI is InChI=1S/C19H21N5OS/c1-11-8-12(2)10-14(9-11)24-13(3)20-16-15(18(24)26)17(25)22-19(21-16)23-6-4-5-7-23/h8-10H,4-7H2,1-3H3,(H,21,22,25). The molecule has 3 aromatic rings. The van der Waals surface area contributed by atoms with Crippen LogP contribution in [0.25, 0.3) is 16.7 Å². The van der Waals surface area contributed by atoms with Crippen LogP contribution in [0.4, 0.5) is 5.95 Å². The topological polar surface area (TPSA) is 66.8 Å². The molecule has 7 heteroatoms. The highest BCUT2D eigenvalue weighted by Gasteiger charge is 2.18. The lowest BCUT2D eigenvalue weighted by Gasteiger charge is -2.17. The predicted octanol–water partition coefficient (Wildman–Crippen LogP) is 3.36. The third kappa shape index (κ3) is 2.82. The van der Waals surface area contributed by atoms with Crippen molar-refractivity contribution in [2.45, 2.75) is 33.6 Å². The zero-order chi connectivity index (χ0) is 18.4. The number of hydrogen-bond acceptors (Lipinski definition) is 5. The van der Waals surface area contributed by atoms with Crippen molar-refractivity contribution in [3.63, 3.8) is 0 Å². The molecule has 6 nitrogen and oxygen atoms in total. The Labute approximate surface area is 156 Å². The molecule has 0 spiro atoms. The molecule has 1 saturated heterocycles. The quantitative estimate of drug-likeness (QED) is 0.704. The molecule has 0 saturated carbocycles. The molecule has 134 valence electrons. The van der Waals surface area contributed by atoms with E-state index in [4.69, 9.17) is 12.2 Å². The first-order valence-electron chi connectivity index (χ1n) is 8.81. The maximum Gasteiger partial charge on any atom is 0.264 e. The van der Waals surface area contributed by atoms with E-state index in [1.807, 2.05) is 37.5 Å². The van der Waals surface area contributed by atoms with Crippen LogP contribution in [0.15, 0.2) is 23.0 Å². The van der Waals surface area contributed by atoms with Crippen LogP contribution in [0.2, 0.25) is 0 Å². The van der Waals surface area contributed by atoms with E-state index >= 15 is 0 Å². The fourth-order valence-corrected chi connectivity index (χ4v) is 4.07. The Hall–Kier alpha value is -2.54. The highest BCUT2D eigenvalue weighted by atomic mass is 32.1. The molecule has 26 heavy (non-hydrogen) atoms. The summed E-state index contributed by atoms with van der Waals surface area (Å²) >= 11 is 5.66. The maximum atomic E-state index is 12.8. The Morgan fingerprint density at radius 1 is 1.04 bits per heavy atom. The Bertz CT molecular complexity index is 1100. The lowest BCUT2D eigenvalue weighted by Crippen LogP contribution is -2.25. The summed E-state index contributed by atoms with van der Waals surface area (Å²) in [6.45, 7) is 7.79. The minimum atomic E-state index is -0.229. The van der Waals surface area contributed by atoms with Gasteiger partial charge in [0.25, 0.3) is 5.56 Å². The van der Waals surface area contributed by atoms with Crippen LogP contribution in [0.1, 0.15) is 29.8 Å². The van der Waals surface area contributed by atoms with E-state index < -0.39 is 0 Å². The summed E-state index contributed by atoms with van der Waals surface area (Å²) in [6.07, 6.45) is 2.23. The number of hydrogen-bond donors (Lipinski definition) is 1. The molecule has 1 N–H and O–H groups in total. The van der Waals surface area contributed by atoms with Crippen molar-refractivity contribution in [3.05, 3.63) is 50.1 Å². The van der Waals surface area contributed by atoms with E-state index in [9.17, 15) is 4.79 Å². The third-order valence-corrected chi connectivity index (χ3v) is 5.15. The zero-order valence-corrected chi connectivity index (χ0v) is 16.0. The minimum Gasteiger partial charge on any atom is -0.342 e. The van der Waals surface area contributed by atoms with Crippen molar-refractivity contribution < 1.29 is 0 Å². The highest BCUT2D eigenvalue weighted by molar-refractivity contribution is 7.71. The molecule has 0 bridgehead atoms. The van der Waals surface area contributed by atoms with Gasteiger partial charge < -0.3 is 4.90 Å². The number of fused-ring (bicyclic) bond motifs is 1. The summed E-state index contributed by atoms with van der Waals surface area (Å²) in [7, 11) is 0. The molecule has 4 rings (SSSR count). The predicted molar refractivity (Wildman–Crippen MR) is 106 cm³/mol. The molecular weight excluding hydrogens is 346 g/mol. The number of benzene rings is 1. The molecule has 1 aromatic carbocycles. The molecule has 1 aliphatic heterocycles. The number of H-pyrrole nitrogens is 1. The number of aromatic nitrogens is 4. The van der Waals surface area contributed by atoms with E-state index in [0.717, 1.165) is 48.6 Å². The monoisotopic (exact) mass is 367 g/mol. The van der Waals surface area contributed by atoms with Gasteiger partial charge in [0.1, 0.15) is 15.9 Å². The van der Waals surface area contributed by atoms with E-state index in [-0.39, 0.29) is 5.56 Å². The Morgan fingerprint density at radius 2 is 1.69 bits per heavy atom. The number of anilines is 1. The molecule has 3 heterocycles. The van der Waals surface area contributed by atoms with Gasteiger partial charge in [0.15, 0.2) is 5.65 Å². The second-order valence-electron chi connectivity index (χ2n) is 6.93. The molecule has 1 fully saturated rings. The number of aryl methyl sites for hydroxylation is 3. The Morgan fingerprint density at radius 3 is 2.35 bits per heavy atom. The van der Waals surface area contributed by atoms with Crippen molar-refractivity contribution >= 4 is 29.2 Å². The summed E-state index contributed by atoms with van der Waals surface area (Å²) < 4.78 is 2.30. The lowest BCUT2D eigenvalue weighted by molar-refractivity contribution is 0.874. The summed E-state index contributed by atoms with van der Waals surface area (Å²) in [6, 6.07) is 6.20. The number of aromatic amines is 1. The smallest absolute Gasteiger partial charge is 0.264 e. The summed E-state index contributed by atoms with van der Waals surface area (Å²) in [5.41, 5.74) is 3.38. The largest absolute Gasteiger partial charge is 0.342 e. The van der Waals surface area contributed by atoms with Crippen LogP contribution in [0.3, 0.4) is 0 Å². The molecule has 0 unspecified atom stereocenters. The van der Waals surface area contributed by atoms with Gasteiger partial charge in [0.05, 0.1) is 0 Å². The van der Waals surface area contributed by atoms with Gasteiger partial charge in [-0.3, -0.25) is 14.3 Å². The molecule has 0 aliphatic carbocycles. The Kier molecular flexibility index (Phi) is 4.11. The first kappa shape index (κ1) is 16.9. The van der Waals surface area contributed by atoms with Crippen molar-refractivity contribution in [1.82, 2.24) is 19.5 Å². The van der Waals surface area contributed by atoms with E-state index in [2.05, 4.69) is 25.9 Å². The highest BCUT2D eigenvalue weighted by Crippen LogP contribution is 2.21. The van der Waals surface area contributed by atoms with Gasteiger partial charge in [-0.2, -0.15) is 4.98 Å². The first-order valence-corrected chi connectivity index (χ1v) is 9.22. The first-order chi connectivity index (χ1) is 12.4. The third-order valence-electron chi connectivity index (χ3n) is 4.77. The van der Waals surface area contributed by atoms with Gasteiger partial charge in [0.2, 0.25) is 5.95 Å². The average molecular weight is 367 g/mol. The van der Waals surface area contributed by atoms with Gasteiger partial charge in [-0.05, 0) is 56.9 Å².